The molecule has 1 atom stereocenters. The highest BCUT2D eigenvalue weighted by Crippen LogP contribution is 2.35. The topological polar surface area (TPSA) is 50.3 Å². The fourth-order valence-corrected chi connectivity index (χ4v) is 4.58. The van der Waals surface area contributed by atoms with Gasteiger partial charge in [-0.1, -0.05) is 18.2 Å². The maximum absolute atomic E-state index is 5.94. The minimum absolute atomic E-state index is 0.231. The van der Waals surface area contributed by atoms with E-state index >= 15 is 0 Å². The van der Waals surface area contributed by atoms with Crippen LogP contribution >= 0.6 is 11.3 Å². The van der Waals surface area contributed by atoms with Gasteiger partial charge >= 0.3 is 0 Å². The number of hydrogen-bond donors (Lipinski definition) is 1. The van der Waals surface area contributed by atoms with E-state index in [0.29, 0.717) is 0 Å². The molecule has 2 aromatic heterocycles. The Morgan fingerprint density at radius 3 is 3.08 bits per heavy atom. The number of anilines is 1. The molecule has 2 fully saturated rings. The van der Waals surface area contributed by atoms with E-state index in [2.05, 4.69) is 44.5 Å². The van der Waals surface area contributed by atoms with Gasteiger partial charge in [0.1, 0.15) is 17.0 Å². The van der Waals surface area contributed by atoms with E-state index in [4.69, 9.17) is 4.74 Å². The highest BCUT2D eigenvalue weighted by molar-refractivity contribution is 7.25. The van der Waals surface area contributed by atoms with E-state index in [9.17, 15) is 0 Å². The van der Waals surface area contributed by atoms with Gasteiger partial charge in [0.15, 0.2) is 0 Å². The van der Waals surface area contributed by atoms with Crippen LogP contribution in [0.25, 0.3) is 20.3 Å². The summed E-state index contributed by atoms with van der Waals surface area (Å²) in [6.07, 6.45) is 4.59. The number of morpholine rings is 1. The molecule has 1 saturated carbocycles. The second kappa shape index (κ2) is 5.95. The van der Waals surface area contributed by atoms with E-state index in [1.165, 1.54) is 22.9 Å². The molecule has 3 heterocycles. The van der Waals surface area contributed by atoms with Crippen molar-refractivity contribution in [2.45, 2.75) is 25.0 Å². The van der Waals surface area contributed by atoms with E-state index in [1.54, 1.807) is 17.7 Å². The minimum Gasteiger partial charge on any atom is -0.374 e. The molecule has 0 amide bonds. The van der Waals surface area contributed by atoms with Gasteiger partial charge in [-0.05, 0) is 18.9 Å². The van der Waals surface area contributed by atoms with E-state index in [0.717, 1.165) is 48.3 Å². The van der Waals surface area contributed by atoms with Crippen molar-refractivity contribution in [1.82, 2.24) is 14.9 Å². The Hall–Kier alpha value is -1.76. The molecule has 3 aromatic rings. The van der Waals surface area contributed by atoms with Crippen LogP contribution in [0.5, 0.6) is 0 Å². The number of nitrogens with zero attached hydrogens (tertiary/aromatic N) is 3. The van der Waals surface area contributed by atoms with Crippen LogP contribution in [0.3, 0.4) is 0 Å². The highest BCUT2D eigenvalue weighted by Gasteiger charge is 2.32. The molecular weight excluding hydrogens is 320 g/mol. The van der Waals surface area contributed by atoms with Gasteiger partial charge in [-0.25, -0.2) is 9.97 Å². The zero-order valence-electron chi connectivity index (χ0n) is 13.4. The molecule has 1 aromatic carbocycles. The molecule has 24 heavy (non-hydrogen) atoms. The molecule has 0 radical (unpaired) electrons. The largest absolute Gasteiger partial charge is 0.374 e. The molecule has 2 aliphatic rings. The summed E-state index contributed by atoms with van der Waals surface area (Å²) in [6, 6.07) is 9.24. The van der Waals surface area contributed by atoms with Crippen molar-refractivity contribution in [3.8, 4) is 0 Å². The number of nitrogens with one attached hydrogen (secondary N) is 1. The maximum Gasteiger partial charge on any atom is 0.138 e. The van der Waals surface area contributed by atoms with Crippen molar-refractivity contribution in [2.75, 3.05) is 31.6 Å². The standard InChI is InChI=1S/C18H20N4OS/c1-2-4-15-14(3-1)16-17(20-11-21-18(16)24-15)19-9-13-10-22(7-8-23-13)12-5-6-12/h1-4,11-13H,5-10H2,(H,19,20,21). The van der Waals surface area contributed by atoms with Crippen LogP contribution in [0.15, 0.2) is 30.6 Å². The molecule has 5 nitrogen and oxygen atoms in total. The zero-order chi connectivity index (χ0) is 15.9. The minimum atomic E-state index is 0.231. The molecule has 6 heteroatoms. The van der Waals surface area contributed by atoms with E-state index < -0.39 is 0 Å². The fourth-order valence-electron chi connectivity index (χ4n) is 3.54. The average molecular weight is 340 g/mol. The number of rotatable bonds is 4. The first kappa shape index (κ1) is 14.6. The lowest BCUT2D eigenvalue weighted by Gasteiger charge is -2.33. The maximum atomic E-state index is 5.94. The summed E-state index contributed by atoms with van der Waals surface area (Å²) in [7, 11) is 0. The molecule has 0 bridgehead atoms. The quantitative estimate of drug-likeness (QED) is 0.791. The lowest BCUT2D eigenvalue weighted by atomic mass is 10.2. The molecular formula is C18H20N4OS. The summed E-state index contributed by atoms with van der Waals surface area (Å²) in [5.74, 6) is 0.921. The Morgan fingerprint density at radius 2 is 2.17 bits per heavy atom. The predicted molar refractivity (Wildman–Crippen MR) is 97.7 cm³/mol. The van der Waals surface area contributed by atoms with Gasteiger partial charge in [0.25, 0.3) is 0 Å². The third kappa shape index (κ3) is 2.64. The number of benzene rings is 1. The third-order valence-electron chi connectivity index (χ3n) is 4.91. The van der Waals surface area contributed by atoms with Gasteiger partial charge in [-0.3, -0.25) is 4.90 Å². The SMILES string of the molecule is c1ccc2c(c1)sc1ncnc(NCC3CN(C4CC4)CCO3)c12. The summed E-state index contributed by atoms with van der Waals surface area (Å²) >= 11 is 1.72. The summed E-state index contributed by atoms with van der Waals surface area (Å²) < 4.78 is 7.20. The van der Waals surface area contributed by atoms with Crippen LogP contribution in [-0.4, -0.2) is 53.3 Å². The van der Waals surface area contributed by atoms with Gasteiger partial charge in [-0.15, -0.1) is 11.3 Å². The predicted octanol–water partition coefficient (Wildman–Crippen LogP) is 3.12. The molecule has 1 N–H and O–H groups in total. The molecule has 1 unspecified atom stereocenters. The Balaban J connectivity index is 1.38. The molecule has 5 rings (SSSR count). The lowest BCUT2D eigenvalue weighted by molar-refractivity contribution is -0.0241. The number of hydrogen-bond acceptors (Lipinski definition) is 6. The van der Waals surface area contributed by atoms with Crippen LogP contribution in [-0.2, 0) is 4.74 Å². The number of aromatic nitrogens is 2. The van der Waals surface area contributed by atoms with Crippen molar-refractivity contribution in [2.24, 2.45) is 0 Å². The molecule has 124 valence electrons. The Morgan fingerprint density at radius 1 is 1.25 bits per heavy atom. The van der Waals surface area contributed by atoms with Crippen LogP contribution in [0.4, 0.5) is 5.82 Å². The van der Waals surface area contributed by atoms with Crippen molar-refractivity contribution < 1.29 is 4.74 Å². The highest BCUT2D eigenvalue weighted by atomic mass is 32.1. The zero-order valence-corrected chi connectivity index (χ0v) is 14.3. The van der Waals surface area contributed by atoms with Crippen molar-refractivity contribution in [1.29, 1.82) is 0 Å². The molecule has 1 aliphatic carbocycles. The molecule has 1 aliphatic heterocycles. The average Bonchev–Trinajstić information content (AvgIpc) is 3.40. The Bertz CT molecular complexity index is 876. The summed E-state index contributed by atoms with van der Waals surface area (Å²) in [6.45, 7) is 3.73. The molecule has 0 spiro atoms. The van der Waals surface area contributed by atoms with Gasteiger partial charge in [0.05, 0.1) is 18.1 Å². The number of fused-ring (bicyclic) bond motifs is 3. The normalized spacial score (nSPS) is 22.2. The van der Waals surface area contributed by atoms with Crippen LogP contribution in [0, 0.1) is 0 Å². The van der Waals surface area contributed by atoms with Gasteiger partial charge < -0.3 is 10.1 Å². The van der Waals surface area contributed by atoms with E-state index in [1.807, 2.05) is 0 Å². The summed E-state index contributed by atoms with van der Waals surface area (Å²) in [5, 5.41) is 5.88. The smallest absolute Gasteiger partial charge is 0.138 e. The third-order valence-corrected chi connectivity index (χ3v) is 5.98. The second-order valence-electron chi connectivity index (χ2n) is 6.60. The fraction of sp³-hybridized carbons (Fsp3) is 0.444. The summed E-state index contributed by atoms with van der Waals surface area (Å²) in [5.41, 5.74) is 0. The van der Waals surface area contributed by atoms with Crippen molar-refractivity contribution in [3.63, 3.8) is 0 Å². The Labute approximate surface area is 144 Å². The first-order chi connectivity index (χ1) is 11.9. The van der Waals surface area contributed by atoms with Crippen LogP contribution in [0.2, 0.25) is 0 Å². The van der Waals surface area contributed by atoms with Gasteiger partial charge in [-0.2, -0.15) is 0 Å². The second-order valence-corrected chi connectivity index (χ2v) is 7.63. The monoisotopic (exact) mass is 340 g/mol. The Kier molecular flexibility index (Phi) is 3.61. The lowest BCUT2D eigenvalue weighted by Crippen LogP contribution is -2.46. The number of ether oxygens (including phenoxy) is 1. The molecule has 1 saturated heterocycles. The van der Waals surface area contributed by atoms with Gasteiger partial charge in [0.2, 0.25) is 0 Å². The summed E-state index contributed by atoms with van der Waals surface area (Å²) in [4.78, 5) is 12.6. The van der Waals surface area contributed by atoms with E-state index in [-0.39, 0.29) is 6.10 Å². The van der Waals surface area contributed by atoms with Crippen molar-refractivity contribution >= 4 is 37.5 Å². The van der Waals surface area contributed by atoms with Crippen molar-refractivity contribution in [3.05, 3.63) is 30.6 Å². The van der Waals surface area contributed by atoms with Gasteiger partial charge in [0, 0.05) is 35.8 Å². The van der Waals surface area contributed by atoms with Crippen LogP contribution < -0.4 is 5.32 Å². The first-order valence-corrected chi connectivity index (χ1v) is 9.42. The van der Waals surface area contributed by atoms with Crippen LogP contribution in [0.1, 0.15) is 12.8 Å². The first-order valence-electron chi connectivity index (χ1n) is 8.60. The number of thiophene rings is 1.